The van der Waals surface area contributed by atoms with Crippen molar-refractivity contribution in [3.63, 3.8) is 0 Å². The average molecular weight is 307 g/mol. The molecule has 0 aliphatic heterocycles. The molecule has 2 rings (SSSR count). The Morgan fingerprint density at radius 1 is 1.05 bits per heavy atom. The lowest BCUT2D eigenvalue weighted by atomic mass is 10.2. The third-order valence-electron chi connectivity index (χ3n) is 2.75. The number of rotatable bonds is 5. The minimum Gasteiger partial charge on any atom is -0.302 e. The number of hydrogen-bond acceptors (Lipinski definition) is 5. The molecule has 21 heavy (non-hydrogen) atoms. The molecule has 0 saturated heterocycles. The van der Waals surface area contributed by atoms with Crippen LogP contribution in [0.1, 0.15) is 5.56 Å². The van der Waals surface area contributed by atoms with Crippen molar-refractivity contribution in [1.29, 1.82) is 0 Å². The van der Waals surface area contributed by atoms with E-state index in [1.807, 2.05) is 6.92 Å². The summed E-state index contributed by atoms with van der Waals surface area (Å²) in [7, 11) is -3.80. The number of anilines is 1. The van der Waals surface area contributed by atoms with Crippen molar-refractivity contribution in [3.8, 4) is 0 Å². The molecule has 2 N–H and O–H groups in total. The van der Waals surface area contributed by atoms with Crippen LogP contribution in [0, 0.1) is 17.0 Å². The zero-order valence-electron chi connectivity index (χ0n) is 11.1. The molecule has 0 amide bonds. The minimum atomic E-state index is -3.80. The van der Waals surface area contributed by atoms with E-state index in [0.717, 1.165) is 5.56 Å². The molecule has 0 aliphatic rings. The van der Waals surface area contributed by atoms with Crippen LogP contribution in [0.15, 0.2) is 53.4 Å². The Balaban J connectivity index is 2.19. The molecule has 0 aliphatic carbocycles. The quantitative estimate of drug-likeness (QED) is 0.651. The zero-order chi connectivity index (χ0) is 15.5. The van der Waals surface area contributed by atoms with Gasteiger partial charge < -0.3 is 5.43 Å². The van der Waals surface area contributed by atoms with Crippen LogP contribution in [0.3, 0.4) is 0 Å². The van der Waals surface area contributed by atoms with Gasteiger partial charge in [-0.05, 0) is 25.1 Å². The number of nitrogens with one attached hydrogen (secondary N) is 2. The van der Waals surface area contributed by atoms with Crippen molar-refractivity contribution in [1.82, 2.24) is 4.83 Å². The Hall–Kier alpha value is -2.45. The number of benzene rings is 2. The van der Waals surface area contributed by atoms with Gasteiger partial charge in [0.15, 0.2) is 0 Å². The first-order chi connectivity index (χ1) is 9.90. The zero-order valence-corrected chi connectivity index (χ0v) is 11.9. The molecular weight excluding hydrogens is 294 g/mol. The molecule has 110 valence electrons. The number of nitro groups is 1. The van der Waals surface area contributed by atoms with E-state index < -0.39 is 14.9 Å². The Kier molecular flexibility index (Phi) is 4.20. The predicted molar refractivity (Wildman–Crippen MR) is 78.2 cm³/mol. The molecular formula is C13H13N3O4S. The largest absolute Gasteiger partial charge is 0.302 e. The van der Waals surface area contributed by atoms with Crippen LogP contribution < -0.4 is 10.3 Å². The Labute approximate surface area is 121 Å². The molecule has 0 atom stereocenters. The fourth-order valence-corrected chi connectivity index (χ4v) is 2.49. The lowest BCUT2D eigenvalue weighted by Crippen LogP contribution is -2.29. The molecule has 0 fully saturated rings. The highest BCUT2D eigenvalue weighted by Gasteiger charge is 2.17. The Bertz CT molecular complexity index is 757. The normalized spacial score (nSPS) is 11.1. The summed E-state index contributed by atoms with van der Waals surface area (Å²) in [6, 6.07) is 12.0. The fourth-order valence-electron chi connectivity index (χ4n) is 1.64. The minimum absolute atomic E-state index is 0.0678. The SMILES string of the molecule is Cc1ccc(S(=O)(=O)NNc2ccccc2[N+](=O)[O-])cc1. The maximum atomic E-state index is 12.1. The summed E-state index contributed by atoms with van der Waals surface area (Å²) in [6.45, 7) is 1.84. The number of nitro benzene ring substituents is 1. The van der Waals surface area contributed by atoms with Crippen LogP contribution in [-0.4, -0.2) is 13.3 Å². The molecule has 0 spiro atoms. The van der Waals surface area contributed by atoms with E-state index in [1.165, 1.54) is 30.3 Å². The van der Waals surface area contributed by atoms with Gasteiger partial charge in [0.1, 0.15) is 5.69 Å². The second-order valence-corrected chi connectivity index (χ2v) is 6.00. The molecule has 2 aromatic rings. The van der Waals surface area contributed by atoms with Crippen LogP contribution in [0.25, 0.3) is 0 Å². The van der Waals surface area contributed by atoms with Gasteiger partial charge in [0.25, 0.3) is 15.7 Å². The number of para-hydroxylation sites is 2. The first-order valence-electron chi connectivity index (χ1n) is 5.98. The molecule has 0 unspecified atom stereocenters. The second kappa shape index (κ2) is 5.90. The predicted octanol–water partition coefficient (Wildman–Crippen LogP) is 2.21. The lowest BCUT2D eigenvalue weighted by molar-refractivity contribution is -0.384. The summed E-state index contributed by atoms with van der Waals surface area (Å²) in [6.07, 6.45) is 0. The number of hydrazine groups is 1. The van der Waals surface area contributed by atoms with Gasteiger partial charge in [-0.1, -0.05) is 29.8 Å². The van der Waals surface area contributed by atoms with Crippen LogP contribution >= 0.6 is 0 Å². The number of nitrogens with zero attached hydrogens (tertiary/aromatic N) is 1. The third-order valence-corrected chi connectivity index (χ3v) is 4.02. The molecule has 0 radical (unpaired) electrons. The van der Waals surface area contributed by atoms with E-state index in [0.29, 0.717) is 0 Å². The maximum Gasteiger partial charge on any atom is 0.293 e. The van der Waals surface area contributed by atoms with Crippen LogP contribution in [0.2, 0.25) is 0 Å². The Morgan fingerprint density at radius 2 is 1.67 bits per heavy atom. The molecule has 2 aromatic carbocycles. The topological polar surface area (TPSA) is 101 Å². The molecule has 7 nitrogen and oxygen atoms in total. The molecule has 0 heterocycles. The van der Waals surface area contributed by atoms with E-state index in [1.54, 1.807) is 18.2 Å². The van der Waals surface area contributed by atoms with Crippen molar-refractivity contribution in [2.45, 2.75) is 11.8 Å². The van der Waals surface area contributed by atoms with Crippen LogP contribution in [0.5, 0.6) is 0 Å². The van der Waals surface area contributed by atoms with Gasteiger partial charge in [0.2, 0.25) is 0 Å². The molecule has 0 saturated carbocycles. The summed E-state index contributed by atoms with van der Waals surface area (Å²) >= 11 is 0. The fraction of sp³-hybridized carbons (Fsp3) is 0.0769. The second-order valence-electron chi connectivity index (χ2n) is 4.32. The smallest absolute Gasteiger partial charge is 0.293 e. The number of sulfonamides is 1. The molecule has 0 aromatic heterocycles. The van der Waals surface area contributed by atoms with E-state index in [4.69, 9.17) is 0 Å². The summed E-state index contributed by atoms with van der Waals surface area (Å²) < 4.78 is 24.1. The van der Waals surface area contributed by atoms with Gasteiger partial charge in [-0.3, -0.25) is 10.1 Å². The summed E-state index contributed by atoms with van der Waals surface area (Å²) in [5, 5.41) is 10.8. The molecule has 8 heteroatoms. The van der Waals surface area contributed by atoms with E-state index >= 15 is 0 Å². The van der Waals surface area contributed by atoms with Crippen molar-refractivity contribution in [2.75, 3.05) is 5.43 Å². The summed E-state index contributed by atoms with van der Waals surface area (Å²) in [4.78, 5) is 12.4. The summed E-state index contributed by atoms with van der Waals surface area (Å²) in [5.74, 6) is 0. The third kappa shape index (κ3) is 3.56. The molecule has 0 bridgehead atoms. The maximum absolute atomic E-state index is 12.1. The summed E-state index contributed by atoms with van der Waals surface area (Å²) in [5.41, 5.74) is 3.15. The van der Waals surface area contributed by atoms with E-state index in [9.17, 15) is 18.5 Å². The standard InChI is InChI=1S/C13H13N3O4S/c1-10-6-8-11(9-7-10)21(19,20)15-14-12-4-2-3-5-13(12)16(17)18/h2-9,14-15H,1H3. The van der Waals surface area contributed by atoms with Crippen LogP contribution in [0.4, 0.5) is 11.4 Å². The van der Waals surface area contributed by atoms with Gasteiger partial charge in [-0.15, -0.1) is 4.83 Å². The van der Waals surface area contributed by atoms with Gasteiger partial charge in [0, 0.05) is 6.07 Å². The van der Waals surface area contributed by atoms with Gasteiger partial charge in [0.05, 0.1) is 9.82 Å². The van der Waals surface area contributed by atoms with Gasteiger partial charge >= 0.3 is 0 Å². The highest BCUT2D eigenvalue weighted by Crippen LogP contribution is 2.22. The van der Waals surface area contributed by atoms with E-state index in [-0.39, 0.29) is 16.3 Å². The Morgan fingerprint density at radius 3 is 2.29 bits per heavy atom. The van der Waals surface area contributed by atoms with Crippen molar-refractivity contribution in [2.24, 2.45) is 0 Å². The van der Waals surface area contributed by atoms with Crippen molar-refractivity contribution < 1.29 is 13.3 Å². The van der Waals surface area contributed by atoms with Gasteiger partial charge in [-0.2, -0.15) is 0 Å². The monoisotopic (exact) mass is 307 g/mol. The first-order valence-corrected chi connectivity index (χ1v) is 7.46. The first kappa shape index (κ1) is 14.9. The average Bonchev–Trinajstić information content (AvgIpc) is 2.46. The highest BCUT2D eigenvalue weighted by molar-refractivity contribution is 7.89. The van der Waals surface area contributed by atoms with Gasteiger partial charge in [-0.25, -0.2) is 8.42 Å². The number of aryl methyl sites for hydroxylation is 1. The van der Waals surface area contributed by atoms with Crippen molar-refractivity contribution in [3.05, 3.63) is 64.2 Å². The highest BCUT2D eigenvalue weighted by atomic mass is 32.2. The van der Waals surface area contributed by atoms with Crippen molar-refractivity contribution >= 4 is 21.4 Å². The van der Waals surface area contributed by atoms with Crippen LogP contribution in [-0.2, 0) is 10.0 Å². The van der Waals surface area contributed by atoms with E-state index in [2.05, 4.69) is 10.3 Å². The lowest BCUT2D eigenvalue weighted by Gasteiger charge is -2.09. The number of hydrogen-bond donors (Lipinski definition) is 2.